The smallest absolute Gasteiger partial charge is 0.140 e. The molecule has 0 aromatic carbocycles. The van der Waals surface area contributed by atoms with Crippen LogP contribution in [0.2, 0.25) is 0 Å². The fraction of sp³-hybridized carbons (Fsp3) is 0.846. The molecule has 17 heavy (non-hydrogen) atoms. The van der Waals surface area contributed by atoms with Gasteiger partial charge in [-0.1, -0.05) is 26.2 Å². The van der Waals surface area contributed by atoms with Crippen molar-refractivity contribution < 1.29 is 0 Å². The number of aryl methyl sites for hydroxylation is 1. The zero-order valence-electron chi connectivity index (χ0n) is 11.0. The molecule has 1 N–H and O–H groups in total. The van der Waals surface area contributed by atoms with Crippen LogP contribution in [0.1, 0.15) is 51.8 Å². The molecule has 4 heteroatoms. The molecule has 1 heterocycles. The Hall–Kier alpha value is -0.900. The van der Waals surface area contributed by atoms with Crippen molar-refractivity contribution in [3.8, 4) is 0 Å². The molecule has 0 bridgehead atoms. The monoisotopic (exact) mass is 236 g/mol. The third-order valence-corrected chi connectivity index (χ3v) is 3.90. The van der Waals surface area contributed by atoms with Crippen molar-refractivity contribution in [2.24, 2.45) is 5.92 Å². The molecule has 0 spiro atoms. The predicted molar refractivity (Wildman–Crippen MR) is 68.6 cm³/mol. The van der Waals surface area contributed by atoms with Gasteiger partial charge in [0, 0.05) is 12.6 Å². The van der Waals surface area contributed by atoms with Gasteiger partial charge in [-0.2, -0.15) is 5.10 Å². The fourth-order valence-corrected chi connectivity index (χ4v) is 2.77. The highest BCUT2D eigenvalue weighted by atomic mass is 15.3. The minimum absolute atomic E-state index is 0.677. The molecule has 0 saturated heterocycles. The highest BCUT2D eigenvalue weighted by molar-refractivity contribution is 4.86. The summed E-state index contributed by atoms with van der Waals surface area (Å²) in [6.45, 7) is 6.17. The van der Waals surface area contributed by atoms with Gasteiger partial charge >= 0.3 is 0 Å². The van der Waals surface area contributed by atoms with E-state index >= 15 is 0 Å². The number of hydrogen-bond donors (Lipinski definition) is 1. The Bertz CT molecular complexity index is 334. The summed E-state index contributed by atoms with van der Waals surface area (Å²) in [4.78, 5) is 4.30. The maximum absolute atomic E-state index is 4.30. The van der Waals surface area contributed by atoms with Crippen LogP contribution in [0.25, 0.3) is 0 Å². The Morgan fingerprint density at radius 3 is 3.06 bits per heavy atom. The van der Waals surface area contributed by atoms with Crippen molar-refractivity contribution in [1.82, 2.24) is 20.1 Å². The van der Waals surface area contributed by atoms with Crippen LogP contribution in [-0.2, 0) is 13.1 Å². The van der Waals surface area contributed by atoms with Gasteiger partial charge in [-0.05, 0) is 25.7 Å². The summed E-state index contributed by atoms with van der Waals surface area (Å²) in [5, 5.41) is 7.83. The molecular weight excluding hydrogens is 212 g/mol. The Balaban J connectivity index is 1.81. The first-order valence-corrected chi connectivity index (χ1v) is 6.93. The molecule has 1 aromatic heterocycles. The molecule has 1 aliphatic carbocycles. The highest BCUT2D eigenvalue weighted by Crippen LogP contribution is 2.26. The molecule has 2 rings (SSSR count). The average molecular weight is 236 g/mol. The largest absolute Gasteiger partial charge is 0.307 e. The van der Waals surface area contributed by atoms with Crippen LogP contribution in [0.5, 0.6) is 0 Å². The maximum atomic E-state index is 4.30. The number of rotatable bonds is 5. The number of nitrogens with one attached hydrogen (secondary N) is 1. The lowest BCUT2D eigenvalue weighted by Crippen LogP contribution is -2.34. The third-order valence-electron chi connectivity index (χ3n) is 3.90. The van der Waals surface area contributed by atoms with E-state index in [1.165, 1.54) is 32.1 Å². The van der Waals surface area contributed by atoms with Crippen molar-refractivity contribution in [3.63, 3.8) is 0 Å². The van der Waals surface area contributed by atoms with Crippen LogP contribution in [0.15, 0.2) is 6.33 Å². The van der Waals surface area contributed by atoms with Gasteiger partial charge in [0.25, 0.3) is 0 Å². The van der Waals surface area contributed by atoms with Gasteiger partial charge in [-0.3, -0.25) is 0 Å². The predicted octanol–water partition coefficient (Wildman–Crippen LogP) is 2.36. The van der Waals surface area contributed by atoms with Crippen LogP contribution in [0.3, 0.4) is 0 Å². The third kappa shape index (κ3) is 3.28. The summed E-state index contributed by atoms with van der Waals surface area (Å²) in [6.07, 6.45) is 8.41. The van der Waals surface area contributed by atoms with Gasteiger partial charge in [0.05, 0.1) is 6.54 Å². The molecule has 0 radical (unpaired) electrons. The molecule has 2 atom stereocenters. The molecule has 2 unspecified atom stereocenters. The minimum Gasteiger partial charge on any atom is -0.307 e. The fourth-order valence-electron chi connectivity index (χ4n) is 2.77. The van der Waals surface area contributed by atoms with Gasteiger partial charge in [-0.15, -0.1) is 0 Å². The lowest BCUT2D eigenvalue weighted by Gasteiger charge is -2.29. The van der Waals surface area contributed by atoms with Crippen LogP contribution < -0.4 is 5.32 Å². The first kappa shape index (κ1) is 12.6. The van der Waals surface area contributed by atoms with E-state index in [0.29, 0.717) is 6.04 Å². The van der Waals surface area contributed by atoms with Crippen LogP contribution >= 0.6 is 0 Å². The van der Waals surface area contributed by atoms with Crippen molar-refractivity contribution in [3.05, 3.63) is 12.2 Å². The Morgan fingerprint density at radius 2 is 2.29 bits per heavy atom. The summed E-state index contributed by atoms with van der Waals surface area (Å²) in [5.74, 6) is 1.98. The zero-order chi connectivity index (χ0) is 12.1. The van der Waals surface area contributed by atoms with Crippen LogP contribution in [0.4, 0.5) is 0 Å². The van der Waals surface area contributed by atoms with E-state index in [1.54, 1.807) is 6.33 Å². The number of hydrogen-bond acceptors (Lipinski definition) is 3. The van der Waals surface area contributed by atoms with Crippen LogP contribution in [0, 0.1) is 5.92 Å². The van der Waals surface area contributed by atoms with Gasteiger partial charge < -0.3 is 5.32 Å². The van der Waals surface area contributed by atoms with Gasteiger partial charge in [0.1, 0.15) is 12.2 Å². The quantitative estimate of drug-likeness (QED) is 0.853. The lowest BCUT2D eigenvalue weighted by molar-refractivity contribution is 0.276. The molecule has 4 nitrogen and oxygen atoms in total. The first-order valence-electron chi connectivity index (χ1n) is 6.93. The topological polar surface area (TPSA) is 42.7 Å². The van der Waals surface area contributed by atoms with E-state index in [0.717, 1.165) is 24.8 Å². The molecule has 1 aliphatic rings. The van der Waals surface area contributed by atoms with Crippen molar-refractivity contribution in [2.75, 3.05) is 0 Å². The highest BCUT2D eigenvalue weighted by Gasteiger charge is 2.20. The molecule has 96 valence electrons. The Labute approximate surface area is 104 Å². The van der Waals surface area contributed by atoms with E-state index in [2.05, 4.69) is 29.2 Å². The second-order valence-corrected chi connectivity index (χ2v) is 5.01. The van der Waals surface area contributed by atoms with Crippen LogP contribution in [-0.4, -0.2) is 20.8 Å². The van der Waals surface area contributed by atoms with Gasteiger partial charge in [0.15, 0.2) is 0 Å². The lowest BCUT2D eigenvalue weighted by atomic mass is 9.84. The average Bonchev–Trinajstić information content (AvgIpc) is 2.84. The van der Waals surface area contributed by atoms with Crippen molar-refractivity contribution in [1.29, 1.82) is 0 Å². The molecule has 1 aromatic rings. The molecule has 0 aliphatic heterocycles. The van der Waals surface area contributed by atoms with Crippen molar-refractivity contribution >= 4 is 0 Å². The van der Waals surface area contributed by atoms with Crippen molar-refractivity contribution in [2.45, 2.75) is 65.1 Å². The van der Waals surface area contributed by atoms with E-state index in [-0.39, 0.29) is 0 Å². The molecular formula is C13H24N4. The standard InChI is InChI=1S/C13H24N4/c1-3-11-6-5-7-12(8-11)14-9-13-15-10-16-17(13)4-2/h10-12,14H,3-9H2,1-2H3. The van der Waals surface area contributed by atoms with E-state index in [1.807, 2.05) is 4.68 Å². The summed E-state index contributed by atoms with van der Waals surface area (Å²) in [7, 11) is 0. The molecule has 1 saturated carbocycles. The summed E-state index contributed by atoms with van der Waals surface area (Å²) in [6, 6.07) is 0.677. The zero-order valence-corrected chi connectivity index (χ0v) is 11.0. The van der Waals surface area contributed by atoms with Gasteiger partial charge in [-0.25, -0.2) is 9.67 Å². The van der Waals surface area contributed by atoms with E-state index in [4.69, 9.17) is 0 Å². The summed E-state index contributed by atoms with van der Waals surface area (Å²) >= 11 is 0. The maximum Gasteiger partial charge on any atom is 0.140 e. The number of nitrogens with zero attached hydrogens (tertiary/aromatic N) is 3. The Kier molecular flexibility index (Phi) is 4.54. The Morgan fingerprint density at radius 1 is 1.41 bits per heavy atom. The second-order valence-electron chi connectivity index (χ2n) is 5.01. The van der Waals surface area contributed by atoms with E-state index in [9.17, 15) is 0 Å². The van der Waals surface area contributed by atoms with E-state index < -0.39 is 0 Å². The second kappa shape index (κ2) is 6.15. The first-order chi connectivity index (χ1) is 8.33. The molecule has 1 fully saturated rings. The normalized spacial score (nSPS) is 25.1. The summed E-state index contributed by atoms with van der Waals surface area (Å²) < 4.78 is 1.97. The SMILES string of the molecule is CCC1CCCC(NCc2ncnn2CC)C1. The molecule has 0 amide bonds. The summed E-state index contributed by atoms with van der Waals surface area (Å²) in [5.41, 5.74) is 0. The number of aromatic nitrogens is 3. The van der Waals surface area contributed by atoms with Gasteiger partial charge in [0.2, 0.25) is 0 Å². The minimum atomic E-state index is 0.677.